The molecule has 0 atom stereocenters. The summed E-state index contributed by atoms with van der Waals surface area (Å²) in [4.78, 5) is 38.7. The van der Waals surface area contributed by atoms with Gasteiger partial charge in [-0.2, -0.15) is 4.98 Å². The lowest BCUT2D eigenvalue weighted by molar-refractivity contribution is -0.139. The summed E-state index contributed by atoms with van der Waals surface area (Å²) in [7, 11) is 1.36. The molecule has 2 aromatic rings. The molecule has 1 aromatic carbocycles. The van der Waals surface area contributed by atoms with Crippen molar-refractivity contribution in [3.63, 3.8) is 0 Å². The minimum Gasteiger partial charge on any atom is -0.469 e. The number of benzene rings is 1. The highest BCUT2D eigenvalue weighted by Gasteiger charge is 2.25. The van der Waals surface area contributed by atoms with Gasteiger partial charge < -0.3 is 24.6 Å². The van der Waals surface area contributed by atoms with Gasteiger partial charge in [-0.25, -0.2) is 4.98 Å². The van der Waals surface area contributed by atoms with E-state index in [-0.39, 0.29) is 24.3 Å². The molecule has 37 heavy (non-hydrogen) atoms. The number of hydrogen-bond donors (Lipinski definition) is 1. The molecule has 0 spiro atoms. The molecular formula is C28H37N5O4. The summed E-state index contributed by atoms with van der Waals surface area (Å²) in [6, 6.07) is 10.2. The highest BCUT2D eigenvalue weighted by atomic mass is 16.5. The molecule has 1 aromatic heterocycles. The van der Waals surface area contributed by atoms with Crippen molar-refractivity contribution < 1.29 is 19.1 Å². The van der Waals surface area contributed by atoms with Gasteiger partial charge in [-0.1, -0.05) is 61.7 Å². The second-order valence-electron chi connectivity index (χ2n) is 9.43. The number of rotatable bonds is 10. The Morgan fingerprint density at radius 3 is 2.62 bits per heavy atom. The van der Waals surface area contributed by atoms with Crippen molar-refractivity contribution >= 4 is 23.6 Å². The number of ether oxygens (including phenoxy) is 2. The Labute approximate surface area is 218 Å². The summed E-state index contributed by atoms with van der Waals surface area (Å²) in [5.74, 6) is 0.734. The first-order valence-electron chi connectivity index (χ1n) is 13.2. The molecule has 1 aliphatic heterocycles. The Morgan fingerprint density at radius 1 is 1.14 bits per heavy atom. The van der Waals surface area contributed by atoms with Gasteiger partial charge in [0.2, 0.25) is 5.95 Å². The average Bonchev–Trinajstić information content (AvgIpc) is 2.95. The van der Waals surface area contributed by atoms with Gasteiger partial charge in [0.05, 0.1) is 26.7 Å². The van der Waals surface area contributed by atoms with E-state index in [1.54, 1.807) is 17.2 Å². The lowest BCUT2D eigenvalue weighted by Gasteiger charge is -2.29. The maximum atomic E-state index is 13.9. The van der Waals surface area contributed by atoms with Crippen molar-refractivity contribution in [1.29, 1.82) is 0 Å². The molecule has 0 bridgehead atoms. The number of carbonyl (C=O) groups excluding carboxylic acids is 2. The Balaban J connectivity index is 1.60. The average molecular weight is 508 g/mol. The molecule has 198 valence electrons. The highest BCUT2D eigenvalue weighted by Crippen LogP contribution is 2.25. The largest absolute Gasteiger partial charge is 0.469 e. The van der Waals surface area contributed by atoms with Crippen LogP contribution in [0.25, 0.3) is 0 Å². The van der Waals surface area contributed by atoms with Crippen LogP contribution in [0.5, 0.6) is 0 Å². The summed E-state index contributed by atoms with van der Waals surface area (Å²) < 4.78 is 10.2. The fourth-order valence-corrected chi connectivity index (χ4v) is 4.65. The van der Waals surface area contributed by atoms with Crippen molar-refractivity contribution in [2.45, 2.75) is 51.1 Å². The van der Waals surface area contributed by atoms with E-state index in [2.05, 4.69) is 15.2 Å². The predicted octanol–water partition coefficient (Wildman–Crippen LogP) is 3.82. The van der Waals surface area contributed by atoms with Crippen LogP contribution < -0.4 is 10.2 Å². The van der Waals surface area contributed by atoms with Gasteiger partial charge in [-0.3, -0.25) is 9.59 Å². The second kappa shape index (κ2) is 13.7. The number of carbonyl (C=O) groups is 2. The number of esters is 1. The maximum absolute atomic E-state index is 13.9. The third-order valence-corrected chi connectivity index (χ3v) is 6.75. The first kappa shape index (κ1) is 26.6. The van der Waals surface area contributed by atoms with Crippen LogP contribution in [0, 0.1) is 0 Å². The van der Waals surface area contributed by atoms with E-state index in [9.17, 15) is 9.59 Å². The predicted molar refractivity (Wildman–Crippen MR) is 143 cm³/mol. The summed E-state index contributed by atoms with van der Waals surface area (Å²) in [6.07, 6.45) is 11.1. The minimum atomic E-state index is -0.316. The molecule has 1 amide bonds. The normalized spacial score (nSPS) is 16.5. The smallest absolute Gasteiger partial charge is 0.309 e. The molecule has 0 radical (unpaired) electrons. The number of nitrogens with zero attached hydrogens (tertiary/aromatic N) is 4. The van der Waals surface area contributed by atoms with Gasteiger partial charge in [0, 0.05) is 38.4 Å². The van der Waals surface area contributed by atoms with Crippen LogP contribution in [-0.2, 0) is 20.8 Å². The van der Waals surface area contributed by atoms with Crippen LogP contribution >= 0.6 is 0 Å². The van der Waals surface area contributed by atoms with Gasteiger partial charge in [-0.15, -0.1) is 0 Å². The molecule has 2 fully saturated rings. The Hall–Kier alpha value is -3.46. The summed E-state index contributed by atoms with van der Waals surface area (Å²) in [6.45, 7) is 3.49. The summed E-state index contributed by atoms with van der Waals surface area (Å²) in [5, 5.41) is 3.58. The van der Waals surface area contributed by atoms with E-state index in [1.165, 1.54) is 26.4 Å². The van der Waals surface area contributed by atoms with Gasteiger partial charge >= 0.3 is 5.97 Å². The second-order valence-corrected chi connectivity index (χ2v) is 9.43. The molecule has 4 rings (SSSR count). The van der Waals surface area contributed by atoms with Crippen LogP contribution in [-0.4, -0.2) is 72.7 Å². The zero-order chi connectivity index (χ0) is 25.9. The lowest BCUT2D eigenvalue weighted by atomic mass is 9.95. The third-order valence-electron chi connectivity index (χ3n) is 6.75. The summed E-state index contributed by atoms with van der Waals surface area (Å²) in [5.41, 5.74) is 1.48. The topological polar surface area (TPSA) is 96.9 Å². The molecule has 9 heteroatoms. The first-order chi connectivity index (χ1) is 18.1. The van der Waals surface area contributed by atoms with Gasteiger partial charge in [0.1, 0.15) is 11.4 Å². The zero-order valence-electron chi connectivity index (χ0n) is 21.6. The zero-order valence-corrected chi connectivity index (χ0v) is 21.6. The van der Waals surface area contributed by atoms with Gasteiger partial charge in [0.15, 0.2) is 0 Å². The van der Waals surface area contributed by atoms with Gasteiger partial charge in [0.25, 0.3) is 5.91 Å². The van der Waals surface area contributed by atoms with E-state index in [1.807, 2.05) is 36.4 Å². The molecule has 1 saturated heterocycles. The lowest BCUT2D eigenvalue weighted by Crippen LogP contribution is -2.38. The number of morpholine rings is 1. The van der Waals surface area contributed by atoms with Crippen molar-refractivity contribution in [2.24, 2.45) is 0 Å². The summed E-state index contributed by atoms with van der Waals surface area (Å²) >= 11 is 0. The van der Waals surface area contributed by atoms with Crippen molar-refractivity contribution in [3.8, 4) is 0 Å². The quantitative estimate of drug-likeness (QED) is 0.383. The van der Waals surface area contributed by atoms with Crippen LogP contribution in [0.2, 0.25) is 0 Å². The van der Waals surface area contributed by atoms with Crippen molar-refractivity contribution in [1.82, 2.24) is 14.9 Å². The molecule has 2 heterocycles. The van der Waals surface area contributed by atoms with E-state index in [4.69, 9.17) is 14.5 Å². The van der Waals surface area contributed by atoms with E-state index >= 15 is 0 Å². The number of anilines is 2. The van der Waals surface area contributed by atoms with E-state index in [0.717, 1.165) is 31.5 Å². The minimum absolute atomic E-state index is 0.154. The first-order valence-corrected chi connectivity index (χ1v) is 13.2. The SMILES string of the molecule is COC(=O)C/C=C/CN(Cc1ccccc1)C(=O)c1cnc(N2CCOCC2)nc1NC1CCCCC1. The van der Waals surface area contributed by atoms with Crippen LogP contribution in [0.1, 0.15) is 54.4 Å². The third kappa shape index (κ3) is 7.76. The molecule has 1 saturated carbocycles. The Morgan fingerprint density at radius 2 is 1.89 bits per heavy atom. The van der Waals surface area contributed by atoms with E-state index in [0.29, 0.717) is 43.6 Å². The number of aromatic nitrogens is 2. The number of hydrogen-bond acceptors (Lipinski definition) is 8. The molecule has 9 nitrogen and oxygen atoms in total. The van der Waals surface area contributed by atoms with Crippen LogP contribution in [0.4, 0.5) is 11.8 Å². The standard InChI is InChI=1S/C28H37N5O4/c1-36-25(34)14-8-9-15-33(21-22-10-4-2-5-11-22)27(35)24-20-29-28(32-16-18-37-19-17-32)31-26(24)30-23-12-6-3-7-13-23/h2,4-5,8-11,20,23H,3,6-7,12-19,21H2,1H3,(H,29,30,31)/b9-8+. The molecule has 0 unspecified atom stereocenters. The van der Waals surface area contributed by atoms with Crippen LogP contribution in [0.3, 0.4) is 0 Å². The molecular weight excluding hydrogens is 470 g/mol. The number of amides is 1. The Bertz CT molecular complexity index is 1050. The van der Waals surface area contributed by atoms with E-state index < -0.39 is 0 Å². The molecule has 1 aliphatic carbocycles. The maximum Gasteiger partial charge on any atom is 0.309 e. The van der Waals surface area contributed by atoms with Crippen molar-refractivity contribution in [2.75, 3.05) is 50.2 Å². The molecule has 2 aliphatic rings. The van der Waals surface area contributed by atoms with Gasteiger partial charge in [-0.05, 0) is 18.4 Å². The Kier molecular flexibility index (Phi) is 9.88. The van der Waals surface area contributed by atoms with Crippen LogP contribution in [0.15, 0.2) is 48.7 Å². The monoisotopic (exact) mass is 507 g/mol. The highest BCUT2D eigenvalue weighted by molar-refractivity contribution is 5.98. The fraction of sp³-hybridized carbons (Fsp3) is 0.500. The fourth-order valence-electron chi connectivity index (χ4n) is 4.65. The number of methoxy groups -OCH3 is 1. The molecule has 1 N–H and O–H groups in total. The number of nitrogens with one attached hydrogen (secondary N) is 1. The van der Waals surface area contributed by atoms with Crippen molar-refractivity contribution in [3.05, 3.63) is 59.8 Å².